The third-order valence-electron chi connectivity index (χ3n) is 6.72. The summed E-state index contributed by atoms with van der Waals surface area (Å²) in [4.78, 5) is 2.38. The Kier molecular flexibility index (Phi) is 8.77. The third-order valence-corrected chi connectivity index (χ3v) is 6.72. The summed E-state index contributed by atoms with van der Waals surface area (Å²) in [6, 6.07) is 9.16. The van der Waals surface area contributed by atoms with Crippen LogP contribution in [0.3, 0.4) is 0 Å². The normalized spacial score (nSPS) is 21.1. The zero-order valence-electron chi connectivity index (χ0n) is 23.0. The summed E-state index contributed by atoms with van der Waals surface area (Å²) < 4.78 is 24.5. The van der Waals surface area contributed by atoms with Gasteiger partial charge in [0.15, 0.2) is 5.79 Å². The van der Waals surface area contributed by atoms with Gasteiger partial charge in [0, 0.05) is 37.0 Å². The van der Waals surface area contributed by atoms with Gasteiger partial charge in [-0.2, -0.15) is 0 Å². The second-order valence-electron chi connectivity index (χ2n) is 12.9. The van der Waals surface area contributed by atoms with E-state index in [1.165, 1.54) is 11.3 Å². The summed E-state index contributed by atoms with van der Waals surface area (Å²) in [6.45, 7) is 21.7. The Morgan fingerprint density at radius 2 is 1.29 bits per heavy atom. The van der Waals surface area contributed by atoms with Crippen molar-refractivity contribution in [2.45, 2.75) is 104 Å². The molecule has 0 N–H and O–H groups in total. The van der Waals surface area contributed by atoms with Crippen LogP contribution in [0.15, 0.2) is 24.3 Å². The van der Waals surface area contributed by atoms with Crippen LogP contribution >= 0.6 is 0 Å². The number of nitrogens with zero attached hydrogens (tertiary/aromatic N) is 1. The number of hydrogen-bond acceptors (Lipinski definition) is 5. The predicted octanol–water partition coefficient (Wildman–Crippen LogP) is 6.55. The zero-order chi connectivity index (χ0) is 25.0. The van der Waals surface area contributed by atoms with Crippen molar-refractivity contribution in [1.29, 1.82) is 0 Å². The van der Waals surface area contributed by atoms with Gasteiger partial charge in [-0.15, -0.1) is 0 Å². The van der Waals surface area contributed by atoms with Gasteiger partial charge >= 0.3 is 0 Å². The molecule has 0 atom stereocenters. The second-order valence-corrected chi connectivity index (χ2v) is 12.9. The molecular weight excluding hydrogens is 426 g/mol. The third kappa shape index (κ3) is 8.51. The van der Waals surface area contributed by atoms with Crippen LogP contribution < -0.4 is 4.90 Å². The molecule has 2 aliphatic rings. The van der Waals surface area contributed by atoms with Crippen molar-refractivity contribution in [3.05, 3.63) is 29.8 Å². The fourth-order valence-corrected chi connectivity index (χ4v) is 4.67. The van der Waals surface area contributed by atoms with E-state index in [0.717, 1.165) is 52.0 Å². The first-order chi connectivity index (χ1) is 15.8. The average Bonchev–Trinajstić information content (AvgIpc) is 2.74. The molecule has 1 aromatic carbocycles. The topological polar surface area (TPSA) is 40.2 Å². The Balaban J connectivity index is 1.58. The predicted molar refractivity (Wildman–Crippen MR) is 140 cm³/mol. The Morgan fingerprint density at radius 3 is 1.74 bits per heavy atom. The average molecular weight is 476 g/mol. The lowest BCUT2D eigenvalue weighted by atomic mass is 9.80. The highest BCUT2D eigenvalue weighted by atomic mass is 16.7. The number of ether oxygens (including phenoxy) is 4. The Hall–Kier alpha value is -1.14. The molecule has 5 nitrogen and oxygen atoms in total. The van der Waals surface area contributed by atoms with Crippen molar-refractivity contribution in [3.63, 3.8) is 0 Å². The fraction of sp³-hybridized carbons (Fsp3) is 0.793. The van der Waals surface area contributed by atoms with E-state index >= 15 is 0 Å². The highest BCUT2D eigenvalue weighted by molar-refractivity contribution is 5.48. The molecule has 1 spiro atoms. The minimum absolute atomic E-state index is 0.125. The van der Waals surface area contributed by atoms with Crippen LogP contribution in [-0.4, -0.2) is 56.5 Å². The van der Waals surface area contributed by atoms with E-state index in [-0.39, 0.29) is 22.4 Å². The van der Waals surface area contributed by atoms with Crippen LogP contribution in [0.4, 0.5) is 5.69 Å². The van der Waals surface area contributed by atoms with Gasteiger partial charge < -0.3 is 23.8 Å². The minimum Gasteiger partial charge on any atom is -0.374 e. The van der Waals surface area contributed by atoms with Crippen molar-refractivity contribution in [2.75, 3.05) is 44.4 Å². The van der Waals surface area contributed by atoms with E-state index < -0.39 is 0 Å². The minimum atomic E-state index is -0.344. The van der Waals surface area contributed by atoms with Crippen molar-refractivity contribution >= 4 is 5.69 Å². The van der Waals surface area contributed by atoms with Gasteiger partial charge in [-0.3, -0.25) is 0 Å². The van der Waals surface area contributed by atoms with E-state index in [4.69, 9.17) is 18.9 Å². The molecule has 194 valence electrons. The molecule has 34 heavy (non-hydrogen) atoms. The monoisotopic (exact) mass is 475 g/mol. The number of benzene rings is 1. The van der Waals surface area contributed by atoms with Crippen molar-refractivity contribution in [2.24, 2.45) is 5.41 Å². The van der Waals surface area contributed by atoms with Crippen LogP contribution in [0.2, 0.25) is 0 Å². The molecule has 1 aromatic rings. The maximum Gasteiger partial charge on any atom is 0.168 e. The molecule has 1 aliphatic heterocycles. The molecular formula is C29H49NO4. The zero-order valence-corrected chi connectivity index (χ0v) is 23.0. The Labute approximate surface area is 208 Å². The molecule has 1 aliphatic carbocycles. The molecule has 1 heterocycles. The van der Waals surface area contributed by atoms with Crippen LogP contribution in [0.25, 0.3) is 0 Å². The molecule has 0 amide bonds. The molecule has 1 saturated heterocycles. The van der Waals surface area contributed by atoms with Gasteiger partial charge in [0.05, 0.1) is 37.6 Å². The van der Waals surface area contributed by atoms with E-state index in [2.05, 4.69) is 84.6 Å². The highest BCUT2D eigenvalue weighted by Crippen LogP contribution is 2.44. The van der Waals surface area contributed by atoms with E-state index in [1.54, 1.807) is 0 Å². The Morgan fingerprint density at radius 1 is 0.824 bits per heavy atom. The summed E-state index contributed by atoms with van der Waals surface area (Å²) >= 11 is 0. The van der Waals surface area contributed by atoms with Gasteiger partial charge in [-0.1, -0.05) is 26.0 Å². The quantitative estimate of drug-likeness (QED) is 0.426. The van der Waals surface area contributed by atoms with Gasteiger partial charge in [0.1, 0.15) is 0 Å². The lowest BCUT2D eigenvalue weighted by Crippen LogP contribution is -2.49. The first-order valence-corrected chi connectivity index (χ1v) is 13.2. The first kappa shape index (κ1) is 27.4. The maximum absolute atomic E-state index is 6.23. The van der Waals surface area contributed by atoms with Gasteiger partial charge in [-0.05, 0) is 78.0 Å². The Bertz CT molecular complexity index is 720. The van der Waals surface area contributed by atoms with Crippen LogP contribution in [0, 0.1) is 5.41 Å². The number of anilines is 1. The van der Waals surface area contributed by atoms with Gasteiger partial charge in [0.2, 0.25) is 0 Å². The highest BCUT2D eigenvalue weighted by Gasteiger charge is 2.43. The molecule has 5 heteroatoms. The summed E-state index contributed by atoms with van der Waals surface area (Å²) in [6.07, 6.45) is 4.19. The van der Waals surface area contributed by atoms with E-state index in [1.807, 2.05) is 0 Å². The molecule has 0 aromatic heterocycles. The molecule has 0 unspecified atom stereocenters. The van der Waals surface area contributed by atoms with Crippen LogP contribution in [0.5, 0.6) is 0 Å². The maximum atomic E-state index is 6.23. The fourth-order valence-electron chi connectivity index (χ4n) is 4.67. The lowest BCUT2D eigenvalue weighted by molar-refractivity contribution is -0.310. The standard InChI is InChI=1S/C29H49NO4/c1-26(2,3)31-19-17-30(18-20-32-27(4,5)6)25-11-9-23(10-12-25)24-13-15-29(16-14-24)33-21-28(7,8)22-34-29/h9-12,24H,13-22H2,1-8H3. The van der Waals surface area contributed by atoms with Crippen molar-refractivity contribution in [1.82, 2.24) is 0 Å². The largest absolute Gasteiger partial charge is 0.374 e. The van der Waals surface area contributed by atoms with E-state index in [9.17, 15) is 0 Å². The van der Waals surface area contributed by atoms with Crippen molar-refractivity contribution < 1.29 is 18.9 Å². The molecule has 3 rings (SSSR count). The molecule has 0 radical (unpaired) electrons. The lowest BCUT2D eigenvalue weighted by Gasteiger charge is -2.46. The molecule has 1 saturated carbocycles. The molecule has 0 bridgehead atoms. The van der Waals surface area contributed by atoms with Crippen molar-refractivity contribution in [3.8, 4) is 0 Å². The summed E-state index contributed by atoms with van der Waals surface area (Å²) in [5.74, 6) is 0.229. The van der Waals surface area contributed by atoms with Gasteiger partial charge in [0.25, 0.3) is 0 Å². The summed E-state index contributed by atoms with van der Waals surface area (Å²) in [7, 11) is 0. The SMILES string of the molecule is CC1(C)COC2(CCC(c3ccc(N(CCOC(C)(C)C)CCOC(C)(C)C)cc3)CC2)OC1. The second kappa shape index (κ2) is 10.9. The molecule has 2 fully saturated rings. The summed E-state index contributed by atoms with van der Waals surface area (Å²) in [5.41, 5.74) is 2.52. The van der Waals surface area contributed by atoms with Crippen LogP contribution in [-0.2, 0) is 18.9 Å². The number of hydrogen-bond donors (Lipinski definition) is 0. The van der Waals surface area contributed by atoms with Gasteiger partial charge in [-0.25, -0.2) is 0 Å². The first-order valence-electron chi connectivity index (χ1n) is 13.2. The number of rotatable bonds is 8. The van der Waals surface area contributed by atoms with E-state index in [0.29, 0.717) is 19.1 Å². The van der Waals surface area contributed by atoms with Crippen LogP contribution in [0.1, 0.15) is 92.6 Å². The smallest absolute Gasteiger partial charge is 0.168 e. The summed E-state index contributed by atoms with van der Waals surface area (Å²) in [5, 5.41) is 0.